The molecule has 1 N–H and O–H groups in total. The summed E-state index contributed by atoms with van der Waals surface area (Å²) in [6, 6.07) is 0. The van der Waals surface area contributed by atoms with Gasteiger partial charge in [-0.1, -0.05) is 6.92 Å². The van der Waals surface area contributed by atoms with Crippen LogP contribution in [0.5, 0.6) is 0 Å². The molecule has 0 atom stereocenters. The largest absolute Gasteiger partial charge is 0.389 e. The third-order valence-electron chi connectivity index (χ3n) is 2.59. The lowest BCUT2D eigenvalue weighted by atomic mass is 10.1. The molecule has 1 heterocycles. The summed E-state index contributed by atoms with van der Waals surface area (Å²) < 4.78 is 36.5. The van der Waals surface area contributed by atoms with Crippen molar-refractivity contribution in [1.82, 2.24) is 9.97 Å². The minimum atomic E-state index is -4.17. The van der Waals surface area contributed by atoms with E-state index in [0.29, 0.717) is 12.4 Å². The Morgan fingerprint density at radius 3 is 2.33 bits per heavy atom. The SMILES string of the molecule is CCNc1nc(CCC(F)(F)F)nc(C)c1CC. The minimum absolute atomic E-state index is 0.174. The molecule has 0 aromatic carbocycles. The Bertz CT molecular complexity index is 402. The van der Waals surface area contributed by atoms with Crippen molar-refractivity contribution in [3.05, 3.63) is 17.1 Å². The van der Waals surface area contributed by atoms with Gasteiger partial charge in [0.25, 0.3) is 0 Å². The number of nitrogens with zero attached hydrogens (tertiary/aromatic N) is 2. The number of hydrogen-bond acceptors (Lipinski definition) is 3. The van der Waals surface area contributed by atoms with E-state index in [4.69, 9.17) is 0 Å². The van der Waals surface area contributed by atoms with Crippen LogP contribution >= 0.6 is 0 Å². The predicted octanol–water partition coefficient (Wildman–Crippen LogP) is 3.27. The highest BCUT2D eigenvalue weighted by molar-refractivity contribution is 5.46. The van der Waals surface area contributed by atoms with E-state index in [1.54, 1.807) is 6.92 Å². The zero-order valence-electron chi connectivity index (χ0n) is 10.9. The summed E-state index contributed by atoms with van der Waals surface area (Å²) in [7, 11) is 0. The van der Waals surface area contributed by atoms with Crippen molar-refractivity contribution in [2.75, 3.05) is 11.9 Å². The molecule has 1 rings (SSSR count). The zero-order chi connectivity index (χ0) is 13.8. The number of aromatic nitrogens is 2. The van der Waals surface area contributed by atoms with Crippen molar-refractivity contribution in [1.29, 1.82) is 0 Å². The molecule has 0 aliphatic carbocycles. The van der Waals surface area contributed by atoms with Gasteiger partial charge in [-0.25, -0.2) is 9.97 Å². The molecule has 0 spiro atoms. The maximum absolute atomic E-state index is 12.2. The third kappa shape index (κ3) is 4.16. The molecule has 0 aliphatic rings. The molecule has 0 saturated carbocycles. The summed E-state index contributed by atoms with van der Waals surface area (Å²) in [6.07, 6.45) is -4.47. The molecule has 18 heavy (non-hydrogen) atoms. The van der Waals surface area contributed by atoms with Crippen LogP contribution in [0.3, 0.4) is 0 Å². The maximum Gasteiger partial charge on any atom is 0.389 e. The van der Waals surface area contributed by atoms with E-state index >= 15 is 0 Å². The Morgan fingerprint density at radius 2 is 1.83 bits per heavy atom. The van der Waals surface area contributed by atoms with Gasteiger partial charge in [-0.15, -0.1) is 0 Å². The lowest BCUT2D eigenvalue weighted by molar-refractivity contribution is -0.134. The summed E-state index contributed by atoms with van der Waals surface area (Å²) in [5.41, 5.74) is 1.72. The molecule has 0 fully saturated rings. The first-order chi connectivity index (χ1) is 8.37. The Balaban J connectivity index is 2.94. The quantitative estimate of drug-likeness (QED) is 0.884. The first kappa shape index (κ1) is 14.7. The summed E-state index contributed by atoms with van der Waals surface area (Å²) >= 11 is 0. The van der Waals surface area contributed by atoms with E-state index < -0.39 is 12.6 Å². The maximum atomic E-state index is 12.2. The molecule has 102 valence electrons. The molecule has 0 radical (unpaired) electrons. The van der Waals surface area contributed by atoms with E-state index in [1.165, 1.54) is 0 Å². The molecule has 0 saturated heterocycles. The second-order valence-corrected chi connectivity index (χ2v) is 4.05. The van der Waals surface area contributed by atoms with E-state index in [9.17, 15) is 13.2 Å². The van der Waals surface area contributed by atoms with Crippen molar-refractivity contribution in [3.63, 3.8) is 0 Å². The van der Waals surface area contributed by atoms with Gasteiger partial charge in [0.15, 0.2) is 0 Å². The van der Waals surface area contributed by atoms with Gasteiger partial charge >= 0.3 is 6.18 Å². The van der Waals surface area contributed by atoms with Gasteiger partial charge in [-0.05, 0) is 20.3 Å². The Morgan fingerprint density at radius 1 is 1.17 bits per heavy atom. The average molecular weight is 261 g/mol. The first-order valence-electron chi connectivity index (χ1n) is 6.04. The second-order valence-electron chi connectivity index (χ2n) is 4.05. The van der Waals surface area contributed by atoms with Crippen LogP contribution in [-0.2, 0) is 12.8 Å². The minimum Gasteiger partial charge on any atom is -0.370 e. The first-order valence-corrected chi connectivity index (χ1v) is 6.04. The normalized spacial score (nSPS) is 11.7. The third-order valence-corrected chi connectivity index (χ3v) is 2.59. The van der Waals surface area contributed by atoms with Gasteiger partial charge < -0.3 is 5.32 Å². The summed E-state index contributed by atoms with van der Waals surface area (Å²) in [5, 5.41) is 3.07. The van der Waals surface area contributed by atoms with Crippen LogP contribution in [0.1, 0.15) is 37.4 Å². The number of nitrogens with one attached hydrogen (secondary N) is 1. The van der Waals surface area contributed by atoms with Gasteiger partial charge in [0.05, 0.1) is 6.42 Å². The van der Waals surface area contributed by atoms with Crippen molar-refractivity contribution < 1.29 is 13.2 Å². The van der Waals surface area contributed by atoms with Crippen LogP contribution in [0.15, 0.2) is 0 Å². The topological polar surface area (TPSA) is 37.8 Å². The number of rotatable bonds is 5. The van der Waals surface area contributed by atoms with E-state index in [2.05, 4.69) is 15.3 Å². The van der Waals surface area contributed by atoms with Gasteiger partial charge in [0, 0.05) is 24.2 Å². The monoisotopic (exact) mass is 261 g/mol. The van der Waals surface area contributed by atoms with Crippen LogP contribution in [0.2, 0.25) is 0 Å². The molecule has 0 aliphatic heterocycles. The van der Waals surface area contributed by atoms with Crippen LogP contribution in [0.4, 0.5) is 19.0 Å². The van der Waals surface area contributed by atoms with Gasteiger partial charge in [-0.3, -0.25) is 0 Å². The van der Waals surface area contributed by atoms with E-state index in [1.807, 2.05) is 13.8 Å². The van der Waals surface area contributed by atoms with Crippen molar-refractivity contribution in [2.45, 2.75) is 46.2 Å². The lowest BCUT2D eigenvalue weighted by Gasteiger charge is -2.13. The number of aryl methyl sites for hydroxylation is 2. The highest BCUT2D eigenvalue weighted by Gasteiger charge is 2.27. The number of alkyl halides is 3. The Labute approximate surface area is 105 Å². The fourth-order valence-corrected chi connectivity index (χ4v) is 1.76. The molecule has 0 amide bonds. The number of hydrogen-bond donors (Lipinski definition) is 1. The predicted molar refractivity (Wildman–Crippen MR) is 64.7 cm³/mol. The van der Waals surface area contributed by atoms with Gasteiger partial charge in [0.1, 0.15) is 11.6 Å². The van der Waals surface area contributed by atoms with Gasteiger partial charge in [0.2, 0.25) is 0 Å². The van der Waals surface area contributed by atoms with E-state index in [0.717, 1.165) is 17.7 Å². The lowest BCUT2D eigenvalue weighted by Crippen LogP contribution is -2.13. The van der Waals surface area contributed by atoms with Gasteiger partial charge in [-0.2, -0.15) is 13.2 Å². The molecule has 0 unspecified atom stereocenters. The molecule has 1 aromatic rings. The molecular weight excluding hydrogens is 243 g/mol. The van der Waals surface area contributed by atoms with Crippen molar-refractivity contribution in [3.8, 4) is 0 Å². The van der Waals surface area contributed by atoms with E-state index in [-0.39, 0.29) is 12.2 Å². The van der Waals surface area contributed by atoms with Crippen molar-refractivity contribution >= 4 is 5.82 Å². The molecule has 3 nitrogen and oxygen atoms in total. The Kier molecular flexibility index (Phi) is 4.93. The zero-order valence-corrected chi connectivity index (χ0v) is 10.9. The molecular formula is C12H18F3N3. The number of halogens is 3. The standard InChI is InChI=1S/C12H18F3N3/c1-4-9-8(3)17-10(6-7-12(13,14)15)18-11(9)16-5-2/h4-7H2,1-3H3,(H,16,17,18). The molecule has 6 heteroatoms. The fourth-order valence-electron chi connectivity index (χ4n) is 1.76. The van der Waals surface area contributed by atoms with Crippen LogP contribution in [0, 0.1) is 6.92 Å². The average Bonchev–Trinajstić information content (AvgIpc) is 2.26. The van der Waals surface area contributed by atoms with Crippen molar-refractivity contribution in [2.24, 2.45) is 0 Å². The summed E-state index contributed by atoms with van der Waals surface area (Å²) in [4.78, 5) is 8.31. The fraction of sp³-hybridized carbons (Fsp3) is 0.667. The van der Waals surface area contributed by atoms with Crippen LogP contribution in [-0.4, -0.2) is 22.7 Å². The number of anilines is 1. The molecule has 1 aromatic heterocycles. The smallest absolute Gasteiger partial charge is 0.370 e. The Hall–Kier alpha value is -1.33. The summed E-state index contributed by atoms with van der Waals surface area (Å²) in [5.74, 6) is 0.905. The highest BCUT2D eigenvalue weighted by atomic mass is 19.4. The highest BCUT2D eigenvalue weighted by Crippen LogP contribution is 2.23. The summed E-state index contributed by atoms with van der Waals surface area (Å²) in [6.45, 7) is 6.38. The second kappa shape index (κ2) is 6.02. The molecule has 0 bridgehead atoms. The van der Waals surface area contributed by atoms with Crippen LogP contribution in [0.25, 0.3) is 0 Å². The van der Waals surface area contributed by atoms with Crippen LogP contribution < -0.4 is 5.32 Å².